The molecule has 0 saturated carbocycles. The van der Waals surface area contributed by atoms with E-state index in [0.717, 1.165) is 0 Å². The average Bonchev–Trinajstić information content (AvgIpc) is 2.76. The summed E-state index contributed by atoms with van der Waals surface area (Å²) >= 11 is 0. The molecule has 1 aromatic carbocycles. The Labute approximate surface area is 97.0 Å². The van der Waals surface area contributed by atoms with E-state index in [4.69, 9.17) is 0 Å². The molecule has 1 aromatic heterocycles. The first-order valence-corrected chi connectivity index (χ1v) is 5.67. The Morgan fingerprint density at radius 1 is 0.938 bits per heavy atom. The first-order valence-electron chi connectivity index (χ1n) is 5.67. The molecule has 0 amide bonds. The fourth-order valence-electron chi connectivity index (χ4n) is 1.76. The molecule has 0 unspecified atom stereocenters. The molecular weight excluding hydrogens is 194 g/mol. The standard InChI is InChI=1S/C15H17N/c1-13(2)16-12-6-9-15(16)11-10-14-7-4-3-5-8-14/h3-13H,1-2H3/b11-10+. The maximum atomic E-state index is 2.26. The Morgan fingerprint density at radius 3 is 2.38 bits per heavy atom. The van der Waals surface area contributed by atoms with Gasteiger partial charge in [0.05, 0.1) is 0 Å². The van der Waals surface area contributed by atoms with Gasteiger partial charge in [0.25, 0.3) is 0 Å². The molecule has 0 fully saturated rings. The number of rotatable bonds is 3. The average molecular weight is 211 g/mol. The van der Waals surface area contributed by atoms with Crippen LogP contribution in [0.15, 0.2) is 48.7 Å². The molecule has 0 radical (unpaired) electrons. The summed E-state index contributed by atoms with van der Waals surface area (Å²) in [5.74, 6) is 0. The zero-order valence-corrected chi connectivity index (χ0v) is 9.80. The Balaban J connectivity index is 2.21. The predicted molar refractivity (Wildman–Crippen MR) is 70.2 cm³/mol. The quantitative estimate of drug-likeness (QED) is 0.715. The van der Waals surface area contributed by atoms with Gasteiger partial charge >= 0.3 is 0 Å². The van der Waals surface area contributed by atoms with Crippen molar-refractivity contribution in [1.82, 2.24) is 4.57 Å². The van der Waals surface area contributed by atoms with Crippen molar-refractivity contribution in [2.75, 3.05) is 0 Å². The van der Waals surface area contributed by atoms with Crippen molar-refractivity contribution in [1.29, 1.82) is 0 Å². The van der Waals surface area contributed by atoms with Crippen molar-refractivity contribution in [3.8, 4) is 0 Å². The fraction of sp³-hybridized carbons (Fsp3) is 0.200. The minimum absolute atomic E-state index is 0.505. The van der Waals surface area contributed by atoms with Gasteiger partial charge in [-0.1, -0.05) is 36.4 Å². The summed E-state index contributed by atoms with van der Waals surface area (Å²) in [5.41, 5.74) is 2.48. The van der Waals surface area contributed by atoms with Crippen molar-refractivity contribution >= 4 is 12.2 Å². The first kappa shape index (κ1) is 10.7. The van der Waals surface area contributed by atoms with Crippen LogP contribution in [0.5, 0.6) is 0 Å². The molecule has 0 spiro atoms. The fourth-order valence-corrected chi connectivity index (χ4v) is 1.76. The summed E-state index contributed by atoms with van der Waals surface area (Å²) in [4.78, 5) is 0. The SMILES string of the molecule is CC(C)n1cccc1/C=C/c1ccccc1. The van der Waals surface area contributed by atoms with Crippen LogP contribution in [-0.4, -0.2) is 4.57 Å². The van der Waals surface area contributed by atoms with E-state index < -0.39 is 0 Å². The number of hydrogen-bond acceptors (Lipinski definition) is 0. The Kier molecular flexibility index (Phi) is 3.25. The molecule has 0 bridgehead atoms. The third kappa shape index (κ3) is 2.43. The minimum Gasteiger partial charge on any atom is -0.345 e. The van der Waals surface area contributed by atoms with E-state index in [2.05, 4.69) is 73.2 Å². The number of benzene rings is 1. The van der Waals surface area contributed by atoms with Crippen molar-refractivity contribution in [3.05, 3.63) is 59.9 Å². The van der Waals surface area contributed by atoms with Gasteiger partial charge in [-0.3, -0.25) is 0 Å². The van der Waals surface area contributed by atoms with Crippen LogP contribution in [0.4, 0.5) is 0 Å². The molecule has 16 heavy (non-hydrogen) atoms. The molecule has 0 aliphatic carbocycles. The second kappa shape index (κ2) is 4.84. The van der Waals surface area contributed by atoms with Gasteiger partial charge in [-0.2, -0.15) is 0 Å². The lowest BCUT2D eigenvalue weighted by atomic mass is 10.2. The summed E-state index contributed by atoms with van der Waals surface area (Å²) in [6.45, 7) is 4.39. The highest BCUT2D eigenvalue weighted by molar-refractivity contribution is 5.68. The van der Waals surface area contributed by atoms with E-state index in [1.54, 1.807) is 0 Å². The van der Waals surface area contributed by atoms with E-state index in [0.29, 0.717) is 6.04 Å². The Hall–Kier alpha value is -1.76. The van der Waals surface area contributed by atoms with E-state index in [-0.39, 0.29) is 0 Å². The predicted octanol–water partition coefficient (Wildman–Crippen LogP) is 4.24. The van der Waals surface area contributed by atoms with Crippen LogP contribution in [0.2, 0.25) is 0 Å². The third-order valence-corrected chi connectivity index (χ3v) is 2.61. The molecule has 1 heterocycles. The molecular formula is C15H17N. The third-order valence-electron chi connectivity index (χ3n) is 2.61. The Bertz CT molecular complexity index is 463. The molecule has 0 atom stereocenters. The second-order valence-electron chi connectivity index (χ2n) is 4.18. The summed E-state index contributed by atoms with van der Waals surface area (Å²) in [6, 6.07) is 15.1. The molecule has 1 heteroatoms. The zero-order valence-electron chi connectivity index (χ0n) is 9.80. The molecule has 0 saturated heterocycles. The van der Waals surface area contributed by atoms with E-state index in [9.17, 15) is 0 Å². The molecule has 82 valence electrons. The lowest BCUT2D eigenvalue weighted by molar-refractivity contribution is 0.599. The molecule has 2 rings (SSSR count). The monoisotopic (exact) mass is 211 g/mol. The maximum Gasteiger partial charge on any atom is 0.0409 e. The summed E-state index contributed by atoms with van der Waals surface area (Å²) in [5, 5.41) is 0. The van der Waals surface area contributed by atoms with Gasteiger partial charge in [0.1, 0.15) is 0 Å². The summed E-state index contributed by atoms with van der Waals surface area (Å²) < 4.78 is 2.26. The number of hydrogen-bond donors (Lipinski definition) is 0. The lowest BCUT2D eigenvalue weighted by Crippen LogP contribution is -2.00. The van der Waals surface area contributed by atoms with Gasteiger partial charge < -0.3 is 4.57 Å². The first-order chi connectivity index (χ1) is 7.77. The highest BCUT2D eigenvalue weighted by atomic mass is 15.0. The van der Waals surface area contributed by atoms with Crippen LogP contribution in [-0.2, 0) is 0 Å². The smallest absolute Gasteiger partial charge is 0.0409 e. The molecule has 0 aliphatic heterocycles. The molecule has 0 aliphatic rings. The van der Waals surface area contributed by atoms with Crippen LogP contribution < -0.4 is 0 Å². The van der Waals surface area contributed by atoms with Crippen molar-refractivity contribution in [2.24, 2.45) is 0 Å². The van der Waals surface area contributed by atoms with Crippen molar-refractivity contribution in [2.45, 2.75) is 19.9 Å². The minimum atomic E-state index is 0.505. The summed E-state index contributed by atoms with van der Waals surface area (Å²) in [6.07, 6.45) is 6.43. The van der Waals surface area contributed by atoms with Gasteiger partial charge in [0.2, 0.25) is 0 Å². The number of aromatic nitrogens is 1. The van der Waals surface area contributed by atoms with Crippen molar-refractivity contribution in [3.63, 3.8) is 0 Å². The van der Waals surface area contributed by atoms with Gasteiger partial charge in [-0.05, 0) is 37.6 Å². The maximum absolute atomic E-state index is 2.26. The summed E-state index contributed by atoms with van der Waals surface area (Å²) in [7, 11) is 0. The van der Waals surface area contributed by atoms with Crippen LogP contribution in [0, 0.1) is 0 Å². The zero-order chi connectivity index (χ0) is 11.4. The Morgan fingerprint density at radius 2 is 1.69 bits per heavy atom. The molecule has 1 nitrogen and oxygen atoms in total. The van der Waals surface area contributed by atoms with Crippen LogP contribution in [0.25, 0.3) is 12.2 Å². The van der Waals surface area contributed by atoms with Crippen LogP contribution >= 0.6 is 0 Å². The van der Waals surface area contributed by atoms with E-state index in [1.807, 2.05) is 6.07 Å². The van der Waals surface area contributed by atoms with Crippen LogP contribution in [0.3, 0.4) is 0 Å². The van der Waals surface area contributed by atoms with Gasteiger partial charge in [-0.15, -0.1) is 0 Å². The van der Waals surface area contributed by atoms with E-state index >= 15 is 0 Å². The molecule has 0 N–H and O–H groups in total. The highest BCUT2D eigenvalue weighted by Crippen LogP contribution is 2.14. The lowest BCUT2D eigenvalue weighted by Gasteiger charge is -2.09. The number of nitrogens with zero attached hydrogens (tertiary/aromatic N) is 1. The topological polar surface area (TPSA) is 4.93 Å². The second-order valence-corrected chi connectivity index (χ2v) is 4.18. The van der Waals surface area contributed by atoms with Crippen LogP contribution in [0.1, 0.15) is 31.1 Å². The highest BCUT2D eigenvalue weighted by Gasteiger charge is 1.99. The van der Waals surface area contributed by atoms with Gasteiger partial charge in [0.15, 0.2) is 0 Å². The van der Waals surface area contributed by atoms with E-state index in [1.165, 1.54) is 11.3 Å². The normalized spacial score (nSPS) is 11.4. The van der Waals surface area contributed by atoms with Crippen molar-refractivity contribution < 1.29 is 0 Å². The largest absolute Gasteiger partial charge is 0.345 e. The van der Waals surface area contributed by atoms with Gasteiger partial charge in [-0.25, -0.2) is 0 Å². The molecule has 2 aromatic rings. The van der Waals surface area contributed by atoms with Gasteiger partial charge in [0, 0.05) is 17.9 Å².